The van der Waals surface area contributed by atoms with Crippen LogP contribution >= 0.6 is 0 Å². The molecule has 10 nitrogen and oxygen atoms in total. The summed E-state index contributed by atoms with van der Waals surface area (Å²) in [4.78, 5) is 24.2. The largest absolute Gasteiger partial charge is 0.377 e. The van der Waals surface area contributed by atoms with Crippen molar-refractivity contribution in [3.8, 4) is 11.3 Å². The first-order valence-electron chi connectivity index (χ1n) is 14.2. The fraction of sp³-hybridized carbons (Fsp3) is 0.467. The van der Waals surface area contributed by atoms with E-state index in [1.165, 1.54) is 6.07 Å². The summed E-state index contributed by atoms with van der Waals surface area (Å²) in [6, 6.07) is 8.84. The van der Waals surface area contributed by atoms with Gasteiger partial charge in [0.1, 0.15) is 16.5 Å². The molecule has 0 bridgehead atoms. The van der Waals surface area contributed by atoms with Crippen molar-refractivity contribution in [2.75, 3.05) is 17.9 Å². The van der Waals surface area contributed by atoms with E-state index in [4.69, 9.17) is 14.3 Å². The predicted molar refractivity (Wildman–Crippen MR) is 158 cm³/mol. The molecule has 2 aromatic heterocycles. The van der Waals surface area contributed by atoms with Crippen LogP contribution in [0.1, 0.15) is 74.8 Å². The fourth-order valence-electron chi connectivity index (χ4n) is 4.68. The second-order valence-electron chi connectivity index (χ2n) is 10.1. The molecule has 1 aliphatic rings. The van der Waals surface area contributed by atoms with Gasteiger partial charge in [0.2, 0.25) is 5.91 Å². The van der Waals surface area contributed by atoms with Gasteiger partial charge in [-0.2, -0.15) is 0 Å². The van der Waals surface area contributed by atoms with E-state index in [1.807, 2.05) is 30.0 Å². The lowest BCUT2D eigenvalue weighted by molar-refractivity contribution is -0.128. The third-order valence-electron chi connectivity index (χ3n) is 7.14. The molecule has 41 heavy (non-hydrogen) atoms. The number of carbonyl (C=O) groups is 1. The lowest BCUT2D eigenvalue weighted by atomic mass is 10.0. The molecule has 0 atom stereocenters. The highest BCUT2D eigenvalue weighted by atomic mass is 32.2. The van der Waals surface area contributed by atoms with Crippen molar-refractivity contribution >= 4 is 27.6 Å². The molecular formula is C30H39N5O5S. The molecule has 0 fully saturated rings. The Morgan fingerprint density at radius 2 is 1.98 bits per heavy atom. The Labute approximate surface area is 242 Å². The number of pyridine rings is 1. The lowest BCUT2D eigenvalue weighted by Gasteiger charge is -2.27. The van der Waals surface area contributed by atoms with E-state index in [0.717, 1.165) is 55.6 Å². The molecule has 0 spiro atoms. The summed E-state index contributed by atoms with van der Waals surface area (Å²) in [5.74, 6) is 1.60. The number of sulfonamides is 1. The number of aliphatic imine (C=N–C) groups is 1. The van der Waals surface area contributed by atoms with Crippen molar-refractivity contribution in [1.29, 1.82) is 0 Å². The molecule has 1 aromatic carbocycles. The maximum atomic E-state index is 13.5. The van der Waals surface area contributed by atoms with Gasteiger partial charge in [-0.15, -0.1) is 0 Å². The molecule has 220 valence electrons. The number of nitrogens with one attached hydrogen (secondary N) is 1. The average Bonchev–Trinajstić information content (AvgIpc) is 3.27. The van der Waals surface area contributed by atoms with Crippen LogP contribution in [-0.2, 0) is 32.7 Å². The van der Waals surface area contributed by atoms with Crippen molar-refractivity contribution in [2.45, 2.75) is 84.3 Å². The van der Waals surface area contributed by atoms with Crippen molar-refractivity contribution in [2.24, 2.45) is 4.99 Å². The summed E-state index contributed by atoms with van der Waals surface area (Å²) < 4.78 is 40.5. The number of hydrogen-bond acceptors (Lipinski definition) is 8. The zero-order valence-corrected chi connectivity index (χ0v) is 25.1. The minimum Gasteiger partial charge on any atom is -0.377 e. The summed E-state index contributed by atoms with van der Waals surface area (Å²) >= 11 is 0. The predicted octanol–water partition coefficient (Wildman–Crippen LogP) is 5.79. The van der Waals surface area contributed by atoms with Gasteiger partial charge in [0.15, 0.2) is 5.82 Å². The minimum absolute atomic E-state index is 0.0125. The molecule has 0 unspecified atom stereocenters. The Kier molecular flexibility index (Phi) is 10.3. The molecule has 3 aromatic rings. The molecule has 0 saturated heterocycles. The Hall–Kier alpha value is -3.57. The van der Waals surface area contributed by atoms with Gasteiger partial charge in [-0.1, -0.05) is 36.7 Å². The Balaban J connectivity index is 1.71. The first-order valence-corrected chi connectivity index (χ1v) is 15.7. The monoisotopic (exact) mass is 581 g/mol. The van der Waals surface area contributed by atoms with E-state index in [2.05, 4.69) is 21.8 Å². The number of unbranched alkanes of at least 4 members (excludes halogenated alkanes) is 1. The van der Waals surface area contributed by atoms with Crippen molar-refractivity contribution in [1.82, 2.24) is 15.0 Å². The average molecular weight is 582 g/mol. The van der Waals surface area contributed by atoms with Gasteiger partial charge in [0.05, 0.1) is 18.8 Å². The second kappa shape index (κ2) is 13.9. The van der Waals surface area contributed by atoms with Gasteiger partial charge in [-0.25, -0.2) is 8.42 Å². The topological polar surface area (TPSA) is 127 Å². The molecule has 0 saturated carbocycles. The highest BCUT2D eigenvalue weighted by molar-refractivity contribution is 7.92. The van der Waals surface area contributed by atoms with Crippen LogP contribution in [0.15, 0.2) is 50.9 Å². The van der Waals surface area contributed by atoms with E-state index >= 15 is 0 Å². The summed E-state index contributed by atoms with van der Waals surface area (Å²) in [7, 11) is -4.05. The van der Waals surface area contributed by atoms with Crippen LogP contribution in [-0.4, -0.2) is 48.4 Å². The number of nitrogens with zero attached hydrogens (tertiary/aromatic N) is 4. The minimum atomic E-state index is -4.05. The number of aryl methyl sites for hydroxylation is 1. The Bertz CT molecular complexity index is 1500. The smallest absolute Gasteiger partial charge is 0.265 e. The molecule has 0 aliphatic carbocycles. The normalized spacial score (nSPS) is 14.5. The van der Waals surface area contributed by atoms with Crippen LogP contribution in [0.5, 0.6) is 0 Å². The quantitative estimate of drug-likeness (QED) is 0.287. The third-order valence-corrected chi connectivity index (χ3v) is 8.51. The molecule has 3 heterocycles. The van der Waals surface area contributed by atoms with Crippen LogP contribution in [0.2, 0.25) is 0 Å². The maximum Gasteiger partial charge on any atom is 0.265 e. The van der Waals surface area contributed by atoms with Gasteiger partial charge in [0.25, 0.3) is 10.0 Å². The maximum absolute atomic E-state index is 13.5. The number of carbonyl (C=O) groups excluding carboxylic acids is 1. The number of anilines is 1. The second-order valence-corrected chi connectivity index (χ2v) is 11.8. The summed E-state index contributed by atoms with van der Waals surface area (Å²) in [6.07, 6.45) is 6.56. The molecule has 0 radical (unpaired) electrons. The zero-order valence-electron chi connectivity index (χ0n) is 24.3. The number of amides is 1. The van der Waals surface area contributed by atoms with Crippen LogP contribution in [0.3, 0.4) is 0 Å². The molecule has 1 aliphatic heterocycles. The van der Waals surface area contributed by atoms with Gasteiger partial charge in [0, 0.05) is 43.3 Å². The van der Waals surface area contributed by atoms with Crippen molar-refractivity contribution < 1.29 is 22.5 Å². The molecule has 1 N–H and O–H groups in total. The standard InChI is InChI=1S/C30H39N5O5S/c1-5-7-12-27-31-16-9-8-13-28(36)35(27)19-23-14-15-25(24(18-23)20-39-6-2)29-26(11-10-17-32-29)41(37,38)34-30-21(3)22(4)40-33-30/h10-11,14-15,17-18H,5-9,12-13,16,19-20H2,1-4H3,(H,33,34). The van der Waals surface area contributed by atoms with E-state index in [1.54, 1.807) is 26.1 Å². The molecule has 11 heteroatoms. The Morgan fingerprint density at radius 1 is 1.15 bits per heavy atom. The van der Waals surface area contributed by atoms with Crippen molar-refractivity contribution in [3.63, 3.8) is 0 Å². The summed E-state index contributed by atoms with van der Waals surface area (Å²) in [6.45, 7) is 9.36. The first kappa shape index (κ1) is 30.4. The van der Waals surface area contributed by atoms with E-state index in [0.29, 0.717) is 42.2 Å². The SMILES string of the molecule is CCCCC1=NCCCCC(=O)N1Cc1ccc(-c2ncccc2S(=O)(=O)Nc2noc(C)c2C)c(COCC)c1. The van der Waals surface area contributed by atoms with Gasteiger partial charge in [-0.05, 0) is 63.3 Å². The molecule has 4 rings (SSSR count). The van der Waals surface area contributed by atoms with E-state index < -0.39 is 10.0 Å². The van der Waals surface area contributed by atoms with Gasteiger partial charge >= 0.3 is 0 Å². The number of amidine groups is 1. The lowest BCUT2D eigenvalue weighted by Crippen LogP contribution is -2.37. The number of benzene rings is 1. The van der Waals surface area contributed by atoms with Gasteiger partial charge < -0.3 is 9.26 Å². The number of aromatic nitrogens is 2. The van der Waals surface area contributed by atoms with Crippen LogP contribution < -0.4 is 4.72 Å². The van der Waals surface area contributed by atoms with Crippen molar-refractivity contribution in [3.05, 3.63) is 59.0 Å². The van der Waals surface area contributed by atoms with Crippen LogP contribution in [0.4, 0.5) is 5.82 Å². The fourth-order valence-corrected chi connectivity index (χ4v) is 5.91. The first-order chi connectivity index (χ1) is 19.7. The summed E-state index contributed by atoms with van der Waals surface area (Å²) in [5, 5.41) is 3.85. The third kappa shape index (κ3) is 7.39. The Morgan fingerprint density at radius 3 is 2.71 bits per heavy atom. The van der Waals surface area contributed by atoms with Crippen LogP contribution in [0.25, 0.3) is 11.3 Å². The van der Waals surface area contributed by atoms with Gasteiger partial charge in [-0.3, -0.25) is 24.4 Å². The van der Waals surface area contributed by atoms with E-state index in [-0.39, 0.29) is 23.2 Å². The summed E-state index contributed by atoms with van der Waals surface area (Å²) in [5.41, 5.74) is 3.23. The highest BCUT2D eigenvalue weighted by Gasteiger charge is 2.26. The zero-order chi connectivity index (χ0) is 29.4. The number of hydrogen-bond donors (Lipinski definition) is 1. The number of ether oxygens (including phenoxy) is 1. The van der Waals surface area contributed by atoms with E-state index in [9.17, 15) is 13.2 Å². The highest BCUT2D eigenvalue weighted by Crippen LogP contribution is 2.32. The number of rotatable bonds is 12. The molecular weight excluding hydrogens is 542 g/mol. The molecule has 1 amide bonds. The van der Waals surface area contributed by atoms with Crippen LogP contribution in [0, 0.1) is 13.8 Å².